The van der Waals surface area contributed by atoms with E-state index < -0.39 is 0 Å². The first-order valence-corrected chi connectivity index (χ1v) is 12.0. The van der Waals surface area contributed by atoms with E-state index in [0.717, 1.165) is 74.1 Å². The molecule has 2 aromatic carbocycles. The molecule has 6 heteroatoms. The van der Waals surface area contributed by atoms with E-state index in [1.807, 2.05) is 0 Å². The molecule has 0 unspecified atom stereocenters. The van der Waals surface area contributed by atoms with Crippen molar-refractivity contribution in [1.82, 2.24) is 21.3 Å². The first kappa shape index (κ1) is 24.5. The molecular formula is C26H40N4O2. The lowest BCUT2D eigenvalue weighted by Crippen LogP contribution is -2.21. The molecule has 1 aliphatic rings. The summed E-state index contributed by atoms with van der Waals surface area (Å²) in [4.78, 5) is 0. The predicted molar refractivity (Wildman–Crippen MR) is 131 cm³/mol. The van der Waals surface area contributed by atoms with Gasteiger partial charge in [-0.25, -0.2) is 0 Å². The van der Waals surface area contributed by atoms with Crippen LogP contribution in [0, 0.1) is 13.8 Å². The Morgan fingerprint density at radius 2 is 0.750 bits per heavy atom. The summed E-state index contributed by atoms with van der Waals surface area (Å²) < 4.78 is 0. The van der Waals surface area contributed by atoms with E-state index in [1.54, 1.807) is 0 Å². The Labute approximate surface area is 192 Å². The minimum absolute atomic E-state index is 0.414. The zero-order valence-electron chi connectivity index (χ0n) is 19.7. The van der Waals surface area contributed by atoms with E-state index >= 15 is 0 Å². The van der Waals surface area contributed by atoms with Gasteiger partial charge in [0.1, 0.15) is 11.5 Å². The molecule has 4 bridgehead atoms. The second-order valence-corrected chi connectivity index (χ2v) is 8.98. The van der Waals surface area contributed by atoms with Gasteiger partial charge in [-0.2, -0.15) is 0 Å². The van der Waals surface area contributed by atoms with Gasteiger partial charge >= 0.3 is 0 Å². The van der Waals surface area contributed by atoms with Crippen molar-refractivity contribution in [3.05, 3.63) is 57.6 Å². The Balaban J connectivity index is 1.60. The van der Waals surface area contributed by atoms with Gasteiger partial charge in [0.2, 0.25) is 0 Å². The highest BCUT2D eigenvalue weighted by Crippen LogP contribution is 2.25. The first-order chi connectivity index (χ1) is 15.5. The standard InChI is InChI=1S/C26H40N4O2/c1-19-11-21-15-27-7-3-5-9-29-17-23-13-20(2)14-24(26(23)32)18-30-10-6-4-8-28-16-22(12-19)25(21)31/h11-14,27-32H,3-10,15-18H2,1-2H3. The molecule has 32 heavy (non-hydrogen) atoms. The summed E-state index contributed by atoms with van der Waals surface area (Å²) in [6.07, 6.45) is 4.23. The van der Waals surface area contributed by atoms with Crippen molar-refractivity contribution in [1.29, 1.82) is 0 Å². The largest absolute Gasteiger partial charge is 0.507 e. The van der Waals surface area contributed by atoms with E-state index in [-0.39, 0.29) is 0 Å². The molecule has 1 heterocycles. The van der Waals surface area contributed by atoms with Gasteiger partial charge in [0.05, 0.1) is 0 Å². The van der Waals surface area contributed by atoms with Gasteiger partial charge in [-0.05, 0) is 65.7 Å². The molecule has 0 saturated carbocycles. The van der Waals surface area contributed by atoms with Crippen LogP contribution in [0.15, 0.2) is 24.3 Å². The second kappa shape index (κ2) is 12.8. The molecule has 2 aromatic rings. The van der Waals surface area contributed by atoms with Crippen LogP contribution in [0.2, 0.25) is 0 Å². The summed E-state index contributed by atoms with van der Waals surface area (Å²) in [6, 6.07) is 8.28. The number of nitrogens with one attached hydrogen (secondary N) is 4. The lowest BCUT2D eigenvalue weighted by molar-refractivity contribution is 0.449. The van der Waals surface area contributed by atoms with Gasteiger partial charge in [0, 0.05) is 48.4 Å². The van der Waals surface area contributed by atoms with Crippen LogP contribution in [-0.2, 0) is 26.2 Å². The van der Waals surface area contributed by atoms with Crippen molar-refractivity contribution in [2.75, 3.05) is 26.2 Å². The number of phenolic OH excluding ortho intramolecular Hbond substituents is 2. The summed E-state index contributed by atoms with van der Waals surface area (Å²) in [5.74, 6) is 0.828. The summed E-state index contributed by atoms with van der Waals surface area (Å²) in [5.41, 5.74) is 6.24. The normalized spacial score (nSPS) is 17.8. The number of hydrogen-bond donors (Lipinski definition) is 6. The van der Waals surface area contributed by atoms with Gasteiger partial charge in [-0.1, -0.05) is 35.4 Å². The summed E-state index contributed by atoms with van der Waals surface area (Å²) in [5, 5.41) is 35.2. The Kier molecular flexibility index (Phi) is 9.81. The van der Waals surface area contributed by atoms with Crippen LogP contribution >= 0.6 is 0 Å². The number of aryl methyl sites for hydroxylation is 2. The SMILES string of the molecule is Cc1cc2c(O)c(c1)CNCCCCNCc1cc(C)cc(c1O)CNCCCCNC2. The van der Waals surface area contributed by atoms with Crippen LogP contribution < -0.4 is 21.3 Å². The third kappa shape index (κ3) is 7.48. The molecule has 0 atom stereocenters. The molecule has 0 amide bonds. The lowest BCUT2D eigenvalue weighted by Gasteiger charge is -2.15. The zero-order chi connectivity index (χ0) is 22.8. The van der Waals surface area contributed by atoms with Gasteiger partial charge in [0.15, 0.2) is 0 Å². The van der Waals surface area contributed by atoms with Crippen molar-refractivity contribution in [2.24, 2.45) is 0 Å². The van der Waals surface area contributed by atoms with E-state index in [2.05, 4.69) is 59.4 Å². The van der Waals surface area contributed by atoms with E-state index in [1.165, 1.54) is 11.1 Å². The van der Waals surface area contributed by atoms with E-state index in [9.17, 15) is 10.2 Å². The molecule has 0 radical (unpaired) electrons. The number of phenols is 2. The summed E-state index contributed by atoms with van der Waals surface area (Å²) >= 11 is 0. The van der Waals surface area contributed by atoms with Crippen LogP contribution in [0.1, 0.15) is 59.1 Å². The van der Waals surface area contributed by atoms with Crippen molar-refractivity contribution in [2.45, 2.75) is 65.7 Å². The maximum atomic E-state index is 10.7. The average molecular weight is 441 g/mol. The quantitative estimate of drug-likeness (QED) is 0.377. The molecule has 0 spiro atoms. The molecule has 176 valence electrons. The average Bonchev–Trinajstić information content (AvgIpc) is 2.76. The molecule has 6 N–H and O–H groups in total. The van der Waals surface area contributed by atoms with Crippen LogP contribution in [0.4, 0.5) is 0 Å². The Bertz CT molecular complexity index is 735. The fourth-order valence-electron chi connectivity index (χ4n) is 4.30. The molecular weight excluding hydrogens is 400 g/mol. The minimum atomic E-state index is 0.414. The van der Waals surface area contributed by atoms with Gasteiger partial charge in [-0.15, -0.1) is 0 Å². The first-order valence-electron chi connectivity index (χ1n) is 12.0. The predicted octanol–water partition coefficient (Wildman–Crippen LogP) is 3.35. The summed E-state index contributed by atoms with van der Waals surface area (Å²) in [6.45, 7) is 10.5. The van der Waals surface area contributed by atoms with Crippen LogP contribution in [0.25, 0.3) is 0 Å². The van der Waals surface area contributed by atoms with Crippen molar-refractivity contribution in [3.63, 3.8) is 0 Å². The minimum Gasteiger partial charge on any atom is -0.507 e. The highest BCUT2D eigenvalue weighted by Gasteiger charge is 2.10. The summed E-state index contributed by atoms with van der Waals surface area (Å²) in [7, 11) is 0. The molecule has 0 saturated heterocycles. The van der Waals surface area contributed by atoms with Crippen LogP contribution in [0.3, 0.4) is 0 Å². The van der Waals surface area contributed by atoms with Crippen molar-refractivity contribution in [3.8, 4) is 11.5 Å². The number of rotatable bonds is 0. The van der Waals surface area contributed by atoms with Gasteiger partial charge in [-0.3, -0.25) is 0 Å². The van der Waals surface area contributed by atoms with Gasteiger partial charge in [0.25, 0.3) is 0 Å². The molecule has 3 rings (SSSR count). The third-order valence-corrected chi connectivity index (χ3v) is 6.00. The van der Waals surface area contributed by atoms with Gasteiger partial charge < -0.3 is 31.5 Å². The maximum Gasteiger partial charge on any atom is 0.124 e. The van der Waals surface area contributed by atoms with Crippen LogP contribution in [0.5, 0.6) is 11.5 Å². The van der Waals surface area contributed by atoms with Crippen LogP contribution in [-0.4, -0.2) is 36.4 Å². The number of benzene rings is 2. The van der Waals surface area contributed by atoms with E-state index in [4.69, 9.17) is 0 Å². The lowest BCUT2D eigenvalue weighted by atomic mass is 10.0. The number of fused-ring (bicyclic) bond motifs is 4. The number of hydrogen-bond acceptors (Lipinski definition) is 6. The van der Waals surface area contributed by atoms with Crippen molar-refractivity contribution >= 4 is 0 Å². The number of aromatic hydroxyl groups is 2. The highest BCUT2D eigenvalue weighted by molar-refractivity contribution is 5.44. The molecule has 0 aromatic heterocycles. The Morgan fingerprint density at radius 1 is 0.500 bits per heavy atom. The zero-order valence-corrected chi connectivity index (χ0v) is 19.7. The maximum absolute atomic E-state index is 10.7. The van der Waals surface area contributed by atoms with Crippen molar-refractivity contribution < 1.29 is 10.2 Å². The molecule has 0 fully saturated rings. The topological polar surface area (TPSA) is 88.6 Å². The fourth-order valence-corrected chi connectivity index (χ4v) is 4.30. The third-order valence-electron chi connectivity index (χ3n) is 6.00. The fraction of sp³-hybridized carbons (Fsp3) is 0.538. The smallest absolute Gasteiger partial charge is 0.124 e. The second-order valence-electron chi connectivity index (χ2n) is 8.98. The van der Waals surface area contributed by atoms with E-state index in [0.29, 0.717) is 37.7 Å². The Morgan fingerprint density at radius 3 is 1.00 bits per heavy atom. The highest BCUT2D eigenvalue weighted by atomic mass is 16.3. The molecule has 6 nitrogen and oxygen atoms in total. The molecule has 1 aliphatic heterocycles. The monoisotopic (exact) mass is 440 g/mol. The molecule has 0 aliphatic carbocycles. The Hall–Kier alpha value is -2.12.